The Hall–Kier alpha value is -1.48. The smallest absolute Gasteiger partial charge is 0.161 e. The molecule has 1 atom stereocenters. The summed E-state index contributed by atoms with van der Waals surface area (Å²) in [6, 6.07) is 6.09. The molecule has 0 saturated carbocycles. The van der Waals surface area contributed by atoms with Gasteiger partial charge in [-0.1, -0.05) is 12.1 Å². The Labute approximate surface area is 103 Å². The molecular formula is C14H21NO2. The van der Waals surface area contributed by atoms with E-state index in [1.165, 1.54) is 0 Å². The molecule has 0 fully saturated rings. The quantitative estimate of drug-likeness (QED) is 0.737. The average molecular weight is 235 g/mol. The molecule has 0 aliphatic heterocycles. The SMILES string of the molecule is C=CC(NC)c1ccc(OCC)c(OCC)c1. The lowest BCUT2D eigenvalue weighted by molar-refractivity contribution is 0.287. The minimum Gasteiger partial charge on any atom is -0.490 e. The average Bonchev–Trinajstić information content (AvgIpc) is 2.34. The number of benzene rings is 1. The van der Waals surface area contributed by atoms with Gasteiger partial charge in [-0.3, -0.25) is 0 Å². The molecule has 1 unspecified atom stereocenters. The standard InChI is InChI=1S/C14H21NO2/c1-5-12(15-4)11-8-9-13(16-6-2)14(10-11)17-7-3/h5,8-10,12,15H,1,6-7H2,2-4H3. The second-order valence-corrected chi connectivity index (χ2v) is 3.57. The Kier molecular flexibility index (Phi) is 5.57. The van der Waals surface area contributed by atoms with Crippen molar-refractivity contribution in [3.05, 3.63) is 36.4 Å². The predicted octanol–water partition coefficient (Wildman–Crippen LogP) is 2.93. The molecule has 0 aliphatic carbocycles. The van der Waals surface area contributed by atoms with Gasteiger partial charge in [0.05, 0.1) is 19.3 Å². The third-order valence-corrected chi connectivity index (χ3v) is 2.47. The lowest BCUT2D eigenvalue weighted by atomic mass is 10.1. The second-order valence-electron chi connectivity index (χ2n) is 3.57. The van der Waals surface area contributed by atoms with E-state index in [2.05, 4.69) is 11.9 Å². The molecule has 1 aromatic carbocycles. The molecule has 0 bridgehead atoms. The van der Waals surface area contributed by atoms with Crippen LogP contribution in [-0.2, 0) is 0 Å². The summed E-state index contributed by atoms with van der Waals surface area (Å²) in [6.07, 6.45) is 1.87. The second kappa shape index (κ2) is 6.97. The summed E-state index contributed by atoms with van der Waals surface area (Å²) < 4.78 is 11.1. The van der Waals surface area contributed by atoms with E-state index in [-0.39, 0.29) is 6.04 Å². The molecule has 0 heterocycles. The van der Waals surface area contributed by atoms with Gasteiger partial charge >= 0.3 is 0 Å². The van der Waals surface area contributed by atoms with Gasteiger partial charge in [-0.05, 0) is 38.6 Å². The van der Waals surface area contributed by atoms with Gasteiger partial charge in [-0.15, -0.1) is 6.58 Å². The van der Waals surface area contributed by atoms with Crippen molar-refractivity contribution in [2.24, 2.45) is 0 Å². The Bertz CT molecular complexity index is 363. The number of hydrogen-bond donors (Lipinski definition) is 1. The first kappa shape index (κ1) is 13.6. The van der Waals surface area contributed by atoms with Crippen LogP contribution in [0.25, 0.3) is 0 Å². The topological polar surface area (TPSA) is 30.5 Å². The first-order valence-electron chi connectivity index (χ1n) is 5.96. The number of rotatable bonds is 7. The van der Waals surface area contributed by atoms with Crippen molar-refractivity contribution in [1.82, 2.24) is 5.32 Å². The summed E-state index contributed by atoms with van der Waals surface area (Å²) >= 11 is 0. The van der Waals surface area contributed by atoms with E-state index in [1.54, 1.807) is 0 Å². The van der Waals surface area contributed by atoms with Crippen molar-refractivity contribution in [3.63, 3.8) is 0 Å². The highest BCUT2D eigenvalue weighted by Gasteiger charge is 2.10. The van der Waals surface area contributed by atoms with E-state index in [0.29, 0.717) is 13.2 Å². The molecule has 0 saturated heterocycles. The molecule has 1 aromatic rings. The Morgan fingerprint density at radius 3 is 2.41 bits per heavy atom. The summed E-state index contributed by atoms with van der Waals surface area (Å²) in [5, 5.41) is 3.17. The van der Waals surface area contributed by atoms with Crippen LogP contribution in [0, 0.1) is 0 Å². The third-order valence-electron chi connectivity index (χ3n) is 2.47. The van der Waals surface area contributed by atoms with Crippen LogP contribution in [0.3, 0.4) is 0 Å². The molecule has 3 heteroatoms. The van der Waals surface area contributed by atoms with Gasteiger partial charge < -0.3 is 14.8 Å². The molecule has 0 radical (unpaired) electrons. The first-order chi connectivity index (χ1) is 8.26. The summed E-state index contributed by atoms with van der Waals surface area (Å²) in [4.78, 5) is 0. The van der Waals surface area contributed by atoms with E-state index in [0.717, 1.165) is 17.1 Å². The molecular weight excluding hydrogens is 214 g/mol. The normalized spacial score (nSPS) is 11.9. The maximum Gasteiger partial charge on any atom is 0.161 e. The largest absolute Gasteiger partial charge is 0.490 e. The van der Waals surface area contributed by atoms with Crippen LogP contribution in [0.2, 0.25) is 0 Å². The zero-order valence-electron chi connectivity index (χ0n) is 10.8. The van der Waals surface area contributed by atoms with Crippen molar-refractivity contribution >= 4 is 0 Å². The van der Waals surface area contributed by atoms with Gasteiger partial charge in [0.25, 0.3) is 0 Å². The van der Waals surface area contributed by atoms with Crippen molar-refractivity contribution in [2.75, 3.05) is 20.3 Å². The molecule has 17 heavy (non-hydrogen) atoms. The summed E-state index contributed by atoms with van der Waals surface area (Å²) in [5.41, 5.74) is 1.12. The summed E-state index contributed by atoms with van der Waals surface area (Å²) in [5.74, 6) is 1.57. The monoisotopic (exact) mass is 235 g/mol. The third kappa shape index (κ3) is 3.49. The van der Waals surface area contributed by atoms with Crippen LogP contribution < -0.4 is 14.8 Å². The van der Waals surface area contributed by atoms with Crippen LogP contribution in [-0.4, -0.2) is 20.3 Å². The van der Waals surface area contributed by atoms with E-state index >= 15 is 0 Å². The Morgan fingerprint density at radius 2 is 1.88 bits per heavy atom. The van der Waals surface area contributed by atoms with Crippen LogP contribution in [0.4, 0.5) is 0 Å². The van der Waals surface area contributed by atoms with Gasteiger partial charge in [0.2, 0.25) is 0 Å². The number of likely N-dealkylation sites (N-methyl/N-ethyl adjacent to an activating group) is 1. The van der Waals surface area contributed by atoms with Crippen LogP contribution in [0.5, 0.6) is 11.5 Å². The maximum atomic E-state index is 5.58. The highest BCUT2D eigenvalue weighted by molar-refractivity contribution is 5.44. The fourth-order valence-electron chi connectivity index (χ4n) is 1.68. The number of nitrogens with one attached hydrogen (secondary N) is 1. The molecule has 0 aliphatic rings. The lowest BCUT2D eigenvalue weighted by Crippen LogP contribution is -2.13. The number of ether oxygens (including phenoxy) is 2. The number of hydrogen-bond acceptors (Lipinski definition) is 3. The van der Waals surface area contributed by atoms with Crippen molar-refractivity contribution in [3.8, 4) is 11.5 Å². The molecule has 1 N–H and O–H groups in total. The molecule has 1 rings (SSSR count). The van der Waals surface area contributed by atoms with Gasteiger partial charge in [0.15, 0.2) is 11.5 Å². The molecule has 0 spiro atoms. The Balaban J connectivity index is 3.03. The van der Waals surface area contributed by atoms with Gasteiger partial charge in [0.1, 0.15) is 0 Å². The molecule has 0 aromatic heterocycles. The van der Waals surface area contributed by atoms with Gasteiger partial charge in [-0.2, -0.15) is 0 Å². The molecule has 0 amide bonds. The zero-order chi connectivity index (χ0) is 12.7. The summed E-state index contributed by atoms with van der Waals surface area (Å²) in [7, 11) is 1.91. The fraction of sp³-hybridized carbons (Fsp3) is 0.429. The summed E-state index contributed by atoms with van der Waals surface area (Å²) in [6.45, 7) is 9.00. The minimum absolute atomic E-state index is 0.130. The first-order valence-corrected chi connectivity index (χ1v) is 5.96. The fourth-order valence-corrected chi connectivity index (χ4v) is 1.68. The van der Waals surface area contributed by atoms with E-state index < -0.39 is 0 Å². The van der Waals surface area contributed by atoms with E-state index in [1.807, 2.05) is 45.2 Å². The van der Waals surface area contributed by atoms with Gasteiger partial charge in [0, 0.05) is 0 Å². The van der Waals surface area contributed by atoms with Crippen molar-refractivity contribution in [1.29, 1.82) is 0 Å². The zero-order valence-corrected chi connectivity index (χ0v) is 10.8. The van der Waals surface area contributed by atoms with Gasteiger partial charge in [-0.25, -0.2) is 0 Å². The highest BCUT2D eigenvalue weighted by atomic mass is 16.5. The highest BCUT2D eigenvalue weighted by Crippen LogP contribution is 2.30. The van der Waals surface area contributed by atoms with Crippen molar-refractivity contribution in [2.45, 2.75) is 19.9 Å². The minimum atomic E-state index is 0.130. The molecule has 3 nitrogen and oxygen atoms in total. The van der Waals surface area contributed by atoms with Crippen LogP contribution in [0.15, 0.2) is 30.9 Å². The van der Waals surface area contributed by atoms with Crippen LogP contribution >= 0.6 is 0 Å². The van der Waals surface area contributed by atoms with E-state index in [4.69, 9.17) is 9.47 Å². The Morgan fingerprint density at radius 1 is 1.24 bits per heavy atom. The van der Waals surface area contributed by atoms with Crippen molar-refractivity contribution < 1.29 is 9.47 Å². The molecule has 94 valence electrons. The lowest BCUT2D eigenvalue weighted by Gasteiger charge is -2.16. The van der Waals surface area contributed by atoms with E-state index in [9.17, 15) is 0 Å². The maximum absolute atomic E-state index is 5.58. The predicted molar refractivity (Wildman–Crippen MR) is 70.8 cm³/mol. The van der Waals surface area contributed by atoms with Crippen LogP contribution in [0.1, 0.15) is 25.5 Å².